The lowest BCUT2D eigenvalue weighted by Crippen LogP contribution is -2.34. The molecular weight excluding hydrogens is 260 g/mol. The van der Waals surface area contributed by atoms with E-state index in [1.165, 1.54) is 44.9 Å². The predicted molar refractivity (Wildman–Crippen MR) is 84.5 cm³/mol. The summed E-state index contributed by atoms with van der Waals surface area (Å²) in [7, 11) is 0. The second kappa shape index (κ2) is 10.9. The molecule has 3 nitrogen and oxygen atoms in total. The van der Waals surface area contributed by atoms with Crippen LogP contribution in [0.2, 0.25) is 0 Å². The van der Waals surface area contributed by atoms with Gasteiger partial charge in [0.25, 0.3) is 0 Å². The fraction of sp³-hybridized carbons (Fsp3) is 1.00. The first kappa shape index (κ1) is 19.2. The number of hydrogen-bond donors (Lipinski definition) is 3. The molecule has 2 rings (SSSR count). The zero-order valence-electron chi connectivity index (χ0n) is 12.4. The standard InChI is InChI=1S/C8H17N.C7H15NO.ClH/c1-2-7-5-3-4-6-8(7)9;8-7-4-2-1-3-6(7)5-9;/h7-8H,2-6,9H2,1H3;6-7,9H,1-5,8H2;1H/t7-,8+;6-,7-;/m10./s1. The molecule has 116 valence electrons. The van der Waals surface area contributed by atoms with E-state index in [4.69, 9.17) is 16.6 Å². The molecule has 2 aliphatic carbocycles. The lowest BCUT2D eigenvalue weighted by Gasteiger charge is -2.27. The average Bonchev–Trinajstić information content (AvgIpc) is 2.41. The predicted octanol–water partition coefficient (Wildman–Crippen LogP) is 2.83. The van der Waals surface area contributed by atoms with Crippen LogP contribution in [0.15, 0.2) is 0 Å². The smallest absolute Gasteiger partial charge is 0.0474 e. The van der Waals surface area contributed by atoms with Gasteiger partial charge in [0.2, 0.25) is 0 Å². The highest BCUT2D eigenvalue weighted by Crippen LogP contribution is 2.24. The van der Waals surface area contributed by atoms with Crippen molar-refractivity contribution in [3.63, 3.8) is 0 Å². The molecule has 0 aromatic heterocycles. The average molecular weight is 293 g/mol. The van der Waals surface area contributed by atoms with E-state index in [2.05, 4.69) is 6.92 Å². The van der Waals surface area contributed by atoms with Gasteiger partial charge in [0, 0.05) is 18.7 Å². The fourth-order valence-corrected chi connectivity index (χ4v) is 3.21. The summed E-state index contributed by atoms with van der Waals surface area (Å²) < 4.78 is 0. The molecule has 4 atom stereocenters. The molecule has 0 aromatic carbocycles. The minimum absolute atomic E-state index is 0. The Hall–Kier alpha value is 0.170. The van der Waals surface area contributed by atoms with E-state index < -0.39 is 0 Å². The Morgan fingerprint density at radius 2 is 1.26 bits per heavy atom. The Morgan fingerprint density at radius 3 is 1.53 bits per heavy atom. The third-order valence-electron chi connectivity index (χ3n) is 4.69. The zero-order chi connectivity index (χ0) is 13.4. The summed E-state index contributed by atoms with van der Waals surface area (Å²) in [6.45, 7) is 2.52. The third-order valence-corrected chi connectivity index (χ3v) is 4.69. The number of aliphatic hydroxyl groups excluding tert-OH is 1. The van der Waals surface area contributed by atoms with Gasteiger partial charge in [-0.1, -0.05) is 39.0 Å². The molecule has 0 spiro atoms. The van der Waals surface area contributed by atoms with E-state index >= 15 is 0 Å². The van der Waals surface area contributed by atoms with Crippen LogP contribution in [0.5, 0.6) is 0 Å². The van der Waals surface area contributed by atoms with E-state index in [1.807, 2.05) is 0 Å². The van der Waals surface area contributed by atoms with Crippen molar-refractivity contribution in [2.24, 2.45) is 23.3 Å². The van der Waals surface area contributed by atoms with E-state index in [-0.39, 0.29) is 25.1 Å². The molecule has 19 heavy (non-hydrogen) atoms. The van der Waals surface area contributed by atoms with Crippen LogP contribution in [-0.2, 0) is 0 Å². The van der Waals surface area contributed by atoms with Crippen molar-refractivity contribution in [1.82, 2.24) is 0 Å². The van der Waals surface area contributed by atoms with E-state index in [0.717, 1.165) is 18.8 Å². The molecule has 0 unspecified atom stereocenters. The van der Waals surface area contributed by atoms with Crippen molar-refractivity contribution < 1.29 is 5.11 Å². The maximum Gasteiger partial charge on any atom is 0.0474 e. The molecule has 0 radical (unpaired) electrons. The second-order valence-corrected chi connectivity index (χ2v) is 6.01. The number of aliphatic hydroxyl groups is 1. The summed E-state index contributed by atoms with van der Waals surface area (Å²) in [5.41, 5.74) is 11.6. The quantitative estimate of drug-likeness (QED) is 0.733. The SMILES string of the molecule is CC[C@@H]1CCCC[C@@H]1N.Cl.N[C@H]1CCCC[C@H]1CO. The van der Waals surface area contributed by atoms with Gasteiger partial charge in [-0.15, -0.1) is 12.4 Å². The van der Waals surface area contributed by atoms with Crippen LogP contribution in [0.25, 0.3) is 0 Å². The van der Waals surface area contributed by atoms with Crippen LogP contribution < -0.4 is 11.5 Å². The molecule has 0 amide bonds. The Balaban J connectivity index is 0.000000324. The third kappa shape index (κ3) is 6.94. The first-order valence-corrected chi connectivity index (χ1v) is 7.81. The largest absolute Gasteiger partial charge is 0.396 e. The minimum Gasteiger partial charge on any atom is -0.396 e. The van der Waals surface area contributed by atoms with Gasteiger partial charge in [-0.2, -0.15) is 0 Å². The fourth-order valence-electron chi connectivity index (χ4n) is 3.21. The Morgan fingerprint density at radius 1 is 0.842 bits per heavy atom. The molecule has 2 saturated carbocycles. The lowest BCUT2D eigenvalue weighted by atomic mass is 9.84. The normalized spacial score (nSPS) is 34.7. The number of nitrogens with two attached hydrogens (primary N) is 2. The van der Waals surface area contributed by atoms with Crippen molar-refractivity contribution >= 4 is 12.4 Å². The Labute approximate surface area is 124 Å². The zero-order valence-corrected chi connectivity index (χ0v) is 13.2. The lowest BCUT2D eigenvalue weighted by molar-refractivity contribution is 0.171. The van der Waals surface area contributed by atoms with Gasteiger partial charge in [-0.25, -0.2) is 0 Å². The molecule has 0 aromatic rings. The van der Waals surface area contributed by atoms with Crippen LogP contribution in [0, 0.1) is 11.8 Å². The first-order chi connectivity index (χ1) is 8.69. The van der Waals surface area contributed by atoms with Crippen molar-refractivity contribution in [3.05, 3.63) is 0 Å². The van der Waals surface area contributed by atoms with Gasteiger partial charge in [-0.3, -0.25) is 0 Å². The number of halogens is 1. The van der Waals surface area contributed by atoms with Crippen molar-refractivity contribution in [2.75, 3.05) is 6.61 Å². The van der Waals surface area contributed by atoms with Crippen molar-refractivity contribution in [3.8, 4) is 0 Å². The molecule has 5 N–H and O–H groups in total. The summed E-state index contributed by atoms with van der Waals surface area (Å²) in [5.74, 6) is 1.22. The highest BCUT2D eigenvalue weighted by Gasteiger charge is 2.20. The van der Waals surface area contributed by atoms with Gasteiger partial charge in [0.15, 0.2) is 0 Å². The van der Waals surface area contributed by atoms with Crippen molar-refractivity contribution in [2.45, 2.75) is 76.8 Å². The summed E-state index contributed by atoms with van der Waals surface area (Å²) in [6.07, 6.45) is 11.4. The molecule has 0 saturated heterocycles. The van der Waals surface area contributed by atoms with Crippen molar-refractivity contribution in [1.29, 1.82) is 0 Å². The highest BCUT2D eigenvalue weighted by atomic mass is 35.5. The molecule has 2 aliphatic rings. The molecular formula is C15H33ClN2O. The molecule has 0 bridgehead atoms. The Kier molecular flexibility index (Phi) is 11.0. The summed E-state index contributed by atoms with van der Waals surface area (Å²) in [5, 5.41) is 8.78. The van der Waals surface area contributed by atoms with Crippen LogP contribution in [0.1, 0.15) is 64.7 Å². The van der Waals surface area contributed by atoms with Gasteiger partial charge >= 0.3 is 0 Å². The first-order valence-electron chi connectivity index (χ1n) is 7.81. The topological polar surface area (TPSA) is 72.3 Å². The van der Waals surface area contributed by atoms with Gasteiger partial charge in [0.1, 0.15) is 0 Å². The van der Waals surface area contributed by atoms with Crippen LogP contribution in [-0.4, -0.2) is 23.8 Å². The monoisotopic (exact) mass is 292 g/mol. The molecule has 2 fully saturated rings. The van der Waals surface area contributed by atoms with Gasteiger partial charge in [-0.05, 0) is 37.5 Å². The summed E-state index contributed by atoms with van der Waals surface area (Å²) >= 11 is 0. The minimum atomic E-state index is 0. The summed E-state index contributed by atoms with van der Waals surface area (Å²) in [4.78, 5) is 0. The Bertz CT molecular complexity index is 194. The maximum absolute atomic E-state index is 8.78. The molecule has 0 heterocycles. The van der Waals surface area contributed by atoms with Gasteiger partial charge < -0.3 is 16.6 Å². The van der Waals surface area contributed by atoms with Gasteiger partial charge in [0.05, 0.1) is 0 Å². The van der Waals surface area contributed by atoms with Crippen LogP contribution in [0.4, 0.5) is 0 Å². The van der Waals surface area contributed by atoms with E-state index in [1.54, 1.807) is 0 Å². The number of hydrogen-bond acceptors (Lipinski definition) is 3. The van der Waals surface area contributed by atoms with Crippen LogP contribution >= 0.6 is 12.4 Å². The summed E-state index contributed by atoms with van der Waals surface area (Å²) in [6, 6.07) is 0.785. The second-order valence-electron chi connectivity index (χ2n) is 6.01. The number of rotatable bonds is 2. The van der Waals surface area contributed by atoms with E-state index in [9.17, 15) is 0 Å². The molecule has 0 aliphatic heterocycles. The highest BCUT2D eigenvalue weighted by molar-refractivity contribution is 5.85. The molecule has 4 heteroatoms. The maximum atomic E-state index is 8.78. The van der Waals surface area contributed by atoms with E-state index in [0.29, 0.717) is 12.0 Å². The van der Waals surface area contributed by atoms with Crippen LogP contribution in [0.3, 0.4) is 0 Å².